The minimum Gasteiger partial charge on any atom is -0.465 e. The molecule has 0 aromatic heterocycles. The number of ether oxygens (including phenoxy) is 1. The number of nitrogens with one attached hydrogen (secondary N) is 1. The Labute approximate surface area is 106 Å². The van der Waals surface area contributed by atoms with Gasteiger partial charge in [-0.2, -0.15) is 0 Å². The molecular weight excluding hydrogens is 232 g/mol. The van der Waals surface area contributed by atoms with E-state index in [1.165, 1.54) is 7.11 Å². The summed E-state index contributed by atoms with van der Waals surface area (Å²) >= 11 is 0. The van der Waals surface area contributed by atoms with Crippen LogP contribution in [0.2, 0.25) is 0 Å². The molecule has 0 aliphatic carbocycles. The molecule has 0 heterocycles. The number of benzene rings is 1. The zero-order chi connectivity index (χ0) is 13.7. The Morgan fingerprint density at radius 3 is 2.67 bits per heavy atom. The van der Waals surface area contributed by atoms with E-state index in [1.807, 2.05) is 6.92 Å². The third-order valence-corrected chi connectivity index (χ3v) is 2.72. The Kier molecular flexibility index (Phi) is 4.85. The highest BCUT2D eigenvalue weighted by atomic mass is 16.5. The van der Waals surface area contributed by atoms with Gasteiger partial charge in [-0.25, -0.2) is 4.79 Å². The van der Waals surface area contributed by atoms with Crippen molar-refractivity contribution in [1.29, 1.82) is 0 Å². The number of anilines is 1. The molecule has 0 spiro atoms. The lowest BCUT2D eigenvalue weighted by molar-refractivity contribution is -0.119. The van der Waals surface area contributed by atoms with Crippen LogP contribution in [0, 0.1) is 12.8 Å². The average molecular weight is 250 g/mol. The van der Waals surface area contributed by atoms with Gasteiger partial charge in [0.1, 0.15) is 0 Å². The van der Waals surface area contributed by atoms with Gasteiger partial charge in [0.25, 0.3) is 0 Å². The molecule has 18 heavy (non-hydrogen) atoms. The van der Waals surface area contributed by atoms with E-state index in [9.17, 15) is 9.59 Å². The van der Waals surface area contributed by atoms with Crippen LogP contribution in [0.25, 0.3) is 0 Å². The number of esters is 1. The lowest BCUT2D eigenvalue weighted by atomic mass is 10.1. The van der Waals surface area contributed by atoms with Gasteiger partial charge in [0, 0.05) is 18.2 Å². The first-order chi connectivity index (χ1) is 8.49. The molecule has 98 valence electrons. The summed E-state index contributed by atoms with van der Waals surface area (Å²) in [5.74, 6) is -0.869. The molecule has 1 aromatic carbocycles. The van der Waals surface area contributed by atoms with Gasteiger partial charge in [0.15, 0.2) is 0 Å². The van der Waals surface area contributed by atoms with E-state index >= 15 is 0 Å². The molecule has 3 N–H and O–H groups in total. The number of rotatable bonds is 4. The monoisotopic (exact) mass is 250 g/mol. The van der Waals surface area contributed by atoms with E-state index in [0.717, 1.165) is 5.56 Å². The second-order valence-electron chi connectivity index (χ2n) is 4.15. The van der Waals surface area contributed by atoms with Crippen LogP contribution in [0.4, 0.5) is 5.69 Å². The van der Waals surface area contributed by atoms with Crippen molar-refractivity contribution in [2.75, 3.05) is 19.0 Å². The molecule has 0 radical (unpaired) electrons. The Morgan fingerprint density at radius 1 is 1.44 bits per heavy atom. The first kappa shape index (κ1) is 14.2. The first-order valence-corrected chi connectivity index (χ1v) is 5.69. The molecule has 1 atom stereocenters. The standard InChI is InChI=1S/C13H18N2O3/c1-8-4-5-10(13(17)18-3)6-11(8)15-12(16)9(2)7-14/h4-6,9H,7,14H2,1-3H3,(H,15,16). The number of hydrogen-bond donors (Lipinski definition) is 2. The Balaban J connectivity index is 2.94. The highest BCUT2D eigenvalue weighted by molar-refractivity contribution is 5.96. The number of nitrogens with two attached hydrogens (primary N) is 1. The van der Waals surface area contributed by atoms with E-state index in [0.29, 0.717) is 11.3 Å². The minimum atomic E-state index is -0.433. The van der Waals surface area contributed by atoms with Crippen molar-refractivity contribution in [1.82, 2.24) is 0 Å². The van der Waals surface area contributed by atoms with E-state index in [-0.39, 0.29) is 18.4 Å². The summed E-state index contributed by atoms with van der Waals surface area (Å²) in [7, 11) is 1.32. The van der Waals surface area contributed by atoms with Crippen LogP contribution in [0.3, 0.4) is 0 Å². The summed E-state index contributed by atoms with van der Waals surface area (Å²) in [6.45, 7) is 3.88. The lowest BCUT2D eigenvalue weighted by Gasteiger charge is -2.13. The fourth-order valence-electron chi connectivity index (χ4n) is 1.36. The SMILES string of the molecule is COC(=O)c1ccc(C)c(NC(=O)C(C)CN)c1. The number of aryl methyl sites for hydroxylation is 1. The number of methoxy groups -OCH3 is 1. The fourth-order valence-corrected chi connectivity index (χ4v) is 1.36. The molecule has 0 saturated carbocycles. The minimum absolute atomic E-state index is 0.164. The summed E-state index contributed by atoms with van der Waals surface area (Å²) < 4.78 is 4.63. The number of hydrogen-bond acceptors (Lipinski definition) is 4. The van der Waals surface area contributed by atoms with E-state index in [2.05, 4.69) is 10.1 Å². The smallest absolute Gasteiger partial charge is 0.337 e. The summed E-state index contributed by atoms with van der Waals surface area (Å²) in [5, 5.41) is 2.75. The second-order valence-corrected chi connectivity index (χ2v) is 4.15. The summed E-state index contributed by atoms with van der Waals surface area (Å²) in [6, 6.07) is 5.01. The first-order valence-electron chi connectivity index (χ1n) is 5.69. The van der Waals surface area contributed by atoms with Crippen LogP contribution in [0.5, 0.6) is 0 Å². The topological polar surface area (TPSA) is 81.4 Å². The summed E-state index contributed by atoms with van der Waals surface area (Å²) in [5.41, 5.74) is 7.31. The van der Waals surface area contributed by atoms with Crippen molar-refractivity contribution in [3.63, 3.8) is 0 Å². The Hall–Kier alpha value is -1.88. The average Bonchev–Trinajstić information content (AvgIpc) is 2.39. The van der Waals surface area contributed by atoms with Crippen LogP contribution >= 0.6 is 0 Å². The Morgan fingerprint density at radius 2 is 2.11 bits per heavy atom. The van der Waals surface area contributed by atoms with Crippen molar-refractivity contribution in [3.8, 4) is 0 Å². The normalized spacial score (nSPS) is 11.8. The molecule has 1 amide bonds. The molecule has 1 aromatic rings. The molecule has 5 nitrogen and oxygen atoms in total. The fraction of sp³-hybridized carbons (Fsp3) is 0.385. The van der Waals surface area contributed by atoms with Gasteiger partial charge in [-0.15, -0.1) is 0 Å². The van der Waals surface area contributed by atoms with E-state index in [1.54, 1.807) is 25.1 Å². The van der Waals surface area contributed by atoms with Gasteiger partial charge < -0.3 is 15.8 Å². The summed E-state index contributed by atoms with van der Waals surface area (Å²) in [4.78, 5) is 23.1. The van der Waals surface area contributed by atoms with E-state index in [4.69, 9.17) is 5.73 Å². The quantitative estimate of drug-likeness (QED) is 0.789. The van der Waals surface area contributed by atoms with Crippen molar-refractivity contribution in [2.24, 2.45) is 11.7 Å². The third kappa shape index (κ3) is 3.30. The highest BCUT2D eigenvalue weighted by Gasteiger charge is 2.14. The maximum absolute atomic E-state index is 11.7. The molecule has 0 saturated heterocycles. The molecule has 1 unspecified atom stereocenters. The number of amides is 1. The van der Waals surface area contributed by atoms with Gasteiger partial charge in [-0.1, -0.05) is 13.0 Å². The zero-order valence-corrected chi connectivity index (χ0v) is 10.8. The predicted octanol–water partition coefficient (Wildman–Crippen LogP) is 1.31. The molecule has 5 heteroatoms. The maximum Gasteiger partial charge on any atom is 0.337 e. The van der Waals surface area contributed by atoms with Crippen LogP contribution in [-0.2, 0) is 9.53 Å². The third-order valence-electron chi connectivity index (χ3n) is 2.72. The largest absolute Gasteiger partial charge is 0.465 e. The van der Waals surface area contributed by atoms with Gasteiger partial charge >= 0.3 is 5.97 Å². The number of carbonyl (C=O) groups excluding carboxylic acids is 2. The molecule has 1 rings (SSSR count). The molecule has 0 fully saturated rings. The van der Waals surface area contributed by atoms with Gasteiger partial charge in [0.2, 0.25) is 5.91 Å². The van der Waals surface area contributed by atoms with Gasteiger partial charge in [0.05, 0.1) is 12.7 Å². The van der Waals surface area contributed by atoms with Crippen LogP contribution < -0.4 is 11.1 Å². The highest BCUT2D eigenvalue weighted by Crippen LogP contribution is 2.18. The van der Waals surface area contributed by atoms with E-state index < -0.39 is 5.97 Å². The maximum atomic E-state index is 11.7. The predicted molar refractivity (Wildman–Crippen MR) is 69.4 cm³/mol. The van der Waals surface area contributed by atoms with Crippen LogP contribution in [0.1, 0.15) is 22.8 Å². The molecular formula is C13H18N2O3. The van der Waals surface area contributed by atoms with Gasteiger partial charge in [-0.3, -0.25) is 4.79 Å². The van der Waals surface area contributed by atoms with Crippen molar-refractivity contribution in [3.05, 3.63) is 29.3 Å². The van der Waals surface area contributed by atoms with Crippen LogP contribution in [0.15, 0.2) is 18.2 Å². The molecule has 0 aliphatic heterocycles. The molecule has 0 bridgehead atoms. The zero-order valence-electron chi connectivity index (χ0n) is 10.8. The molecule has 0 aliphatic rings. The van der Waals surface area contributed by atoms with Crippen molar-refractivity contribution < 1.29 is 14.3 Å². The van der Waals surface area contributed by atoms with Crippen molar-refractivity contribution >= 4 is 17.6 Å². The van der Waals surface area contributed by atoms with Gasteiger partial charge in [-0.05, 0) is 24.6 Å². The van der Waals surface area contributed by atoms with Crippen molar-refractivity contribution in [2.45, 2.75) is 13.8 Å². The van der Waals surface area contributed by atoms with Crippen LogP contribution in [-0.4, -0.2) is 25.5 Å². The Bertz CT molecular complexity index is 458. The summed E-state index contributed by atoms with van der Waals surface area (Å²) in [6.07, 6.45) is 0. The second kappa shape index (κ2) is 6.16. The lowest BCUT2D eigenvalue weighted by Crippen LogP contribution is -2.27. The number of carbonyl (C=O) groups is 2.